The summed E-state index contributed by atoms with van der Waals surface area (Å²) in [4.78, 5) is 8.89. The van der Waals surface area contributed by atoms with Gasteiger partial charge in [-0.05, 0) is 19.8 Å². The fourth-order valence-electron chi connectivity index (χ4n) is 2.85. The molecule has 0 bridgehead atoms. The molecule has 22 heavy (non-hydrogen) atoms. The molecule has 0 aliphatic heterocycles. The summed E-state index contributed by atoms with van der Waals surface area (Å²) in [6, 6.07) is 0.352. The number of nitrogens with one attached hydrogen (secondary N) is 2. The maximum Gasteiger partial charge on any atom is 0.191 e. The molecule has 2 unspecified atom stereocenters. The van der Waals surface area contributed by atoms with Crippen molar-refractivity contribution in [2.45, 2.75) is 58.7 Å². The predicted molar refractivity (Wildman–Crippen MR) is 92.4 cm³/mol. The third-order valence-corrected chi connectivity index (χ3v) is 6.19. The van der Waals surface area contributed by atoms with Crippen molar-refractivity contribution < 1.29 is 4.74 Å². The number of guanidine groups is 1. The minimum atomic E-state index is -0.0749. The molecule has 1 aliphatic rings. The van der Waals surface area contributed by atoms with E-state index in [4.69, 9.17) is 4.74 Å². The maximum absolute atomic E-state index is 5.67. The maximum atomic E-state index is 5.67. The van der Waals surface area contributed by atoms with Crippen LogP contribution in [0.15, 0.2) is 10.4 Å². The summed E-state index contributed by atoms with van der Waals surface area (Å²) in [5, 5.41) is 10.1. The molecule has 0 amide bonds. The summed E-state index contributed by atoms with van der Waals surface area (Å²) in [5.41, 5.74) is 1.06. The minimum Gasteiger partial charge on any atom is -0.378 e. The van der Waals surface area contributed by atoms with Gasteiger partial charge in [0.15, 0.2) is 5.96 Å². The van der Waals surface area contributed by atoms with Crippen LogP contribution < -0.4 is 10.6 Å². The molecule has 1 aromatic heterocycles. The van der Waals surface area contributed by atoms with Crippen LogP contribution in [-0.2, 0) is 17.7 Å². The van der Waals surface area contributed by atoms with E-state index in [1.54, 1.807) is 25.5 Å². The Balaban J connectivity index is 1.89. The molecule has 0 spiro atoms. The molecular weight excluding hydrogens is 296 g/mol. The van der Waals surface area contributed by atoms with Crippen LogP contribution in [0.3, 0.4) is 0 Å². The number of hydrogen-bond acceptors (Lipinski definition) is 4. The van der Waals surface area contributed by atoms with Gasteiger partial charge in [-0.15, -0.1) is 11.3 Å². The lowest BCUT2D eigenvalue weighted by Crippen LogP contribution is -2.69. The highest BCUT2D eigenvalue weighted by molar-refractivity contribution is 7.09. The van der Waals surface area contributed by atoms with Crippen molar-refractivity contribution in [3.05, 3.63) is 16.1 Å². The van der Waals surface area contributed by atoms with Crippen molar-refractivity contribution in [2.75, 3.05) is 14.2 Å². The zero-order valence-electron chi connectivity index (χ0n) is 14.5. The molecule has 0 aromatic carbocycles. The van der Waals surface area contributed by atoms with Gasteiger partial charge in [-0.3, -0.25) is 4.99 Å². The summed E-state index contributed by atoms with van der Waals surface area (Å²) in [5.74, 6) is 0.822. The average molecular weight is 324 g/mol. The summed E-state index contributed by atoms with van der Waals surface area (Å²) in [6.45, 7) is 9.47. The Morgan fingerprint density at radius 2 is 2.23 bits per heavy atom. The average Bonchev–Trinajstić information content (AvgIpc) is 2.97. The van der Waals surface area contributed by atoms with Crippen molar-refractivity contribution in [1.29, 1.82) is 0 Å². The molecule has 1 heterocycles. The Bertz CT molecular complexity index is 540. The van der Waals surface area contributed by atoms with E-state index in [2.05, 4.69) is 53.7 Å². The van der Waals surface area contributed by atoms with E-state index in [0.717, 1.165) is 24.5 Å². The van der Waals surface area contributed by atoms with Gasteiger partial charge in [0.2, 0.25) is 0 Å². The monoisotopic (exact) mass is 324 g/mol. The van der Waals surface area contributed by atoms with E-state index < -0.39 is 0 Å². The lowest BCUT2D eigenvalue weighted by molar-refractivity contribution is -0.176. The molecule has 2 rings (SSSR count). The third kappa shape index (κ3) is 3.13. The molecule has 2 atom stereocenters. The number of aromatic nitrogens is 1. The van der Waals surface area contributed by atoms with Gasteiger partial charge >= 0.3 is 0 Å². The van der Waals surface area contributed by atoms with Gasteiger partial charge < -0.3 is 15.4 Å². The first-order chi connectivity index (χ1) is 10.4. The predicted octanol–water partition coefficient (Wildman–Crippen LogP) is 2.57. The Morgan fingerprint density at radius 1 is 1.50 bits per heavy atom. The topological polar surface area (TPSA) is 58.5 Å². The van der Waals surface area contributed by atoms with Crippen LogP contribution >= 0.6 is 11.3 Å². The van der Waals surface area contributed by atoms with Crippen molar-refractivity contribution in [3.8, 4) is 0 Å². The minimum absolute atomic E-state index is 0.0649. The Labute approximate surface area is 137 Å². The van der Waals surface area contributed by atoms with Crippen LogP contribution in [0.4, 0.5) is 0 Å². The van der Waals surface area contributed by atoms with Crippen LogP contribution in [0, 0.1) is 5.41 Å². The number of hydrogen-bond donors (Lipinski definition) is 2. The fraction of sp³-hybridized carbons (Fsp3) is 0.750. The summed E-state index contributed by atoms with van der Waals surface area (Å²) < 4.78 is 5.67. The summed E-state index contributed by atoms with van der Waals surface area (Å²) in [6.07, 6.45) is 1.97. The van der Waals surface area contributed by atoms with E-state index in [9.17, 15) is 0 Å². The highest BCUT2D eigenvalue weighted by Gasteiger charge is 2.58. The highest BCUT2D eigenvalue weighted by Crippen LogP contribution is 2.51. The van der Waals surface area contributed by atoms with Gasteiger partial charge in [-0.2, -0.15) is 0 Å². The molecule has 124 valence electrons. The Kier molecular flexibility index (Phi) is 5.12. The summed E-state index contributed by atoms with van der Waals surface area (Å²) in [7, 11) is 3.59. The second kappa shape index (κ2) is 6.54. The number of rotatable bonds is 5. The van der Waals surface area contributed by atoms with Gasteiger partial charge in [-0.25, -0.2) is 4.98 Å². The number of ether oxygens (including phenoxy) is 1. The highest BCUT2D eigenvalue weighted by atomic mass is 32.1. The van der Waals surface area contributed by atoms with E-state index >= 15 is 0 Å². The van der Waals surface area contributed by atoms with Crippen LogP contribution in [0.25, 0.3) is 0 Å². The van der Waals surface area contributed by atoms with E-state index in [1.165, 1.54) is 5.01 Å². The lowest BCUT2D eigenvalue weighted by atomic mass is 9.56. The van der Waals surface area contributed by atoms with E-state index in [0.29, 0.717) is 12.6 Å². The molecule has 6 heteroatoms. The Morgan fingerprint density at radius 3 is 2.73 bits per heavy atom. The third-order valence-electron chi connectivity index (χ3n) is 5.15. The zero-order chi connectivity index (χ0) is 16.4. The smallest absolute Gasteiger partial charge is 0.191 e. The fourth-order valence-corrected chi connectivity index (χ4v) is 3.59. The first kappa shape index (κ1) is 17.2. The van der Waals surface area contributed by atoms with Crippen molar-refractivity contribution >= 4 is 17.3 Å². The SMILES string of the molecule is CCc1nc(CNC(=NC)NC2CC(C)(OC)C2(C)C)cs1. The van der Waals surface area contributed by atoms with Crippen LogP contribution in [0.2, 0.25) is 0 Å². The molecule has 1 fully saturated rings. The van der Waals surface area contributed by atoms with Gasteiger partial charge in [0.25, 0.3) is 0 Å². The number of methoxy groups -OCH3 is 1. The van der Waals surface area contributed by atoms with Crippen LogP contribution in [0.1, 0.15) is 44.8 Å². The summed E-state index contributed by atoms with van der Waals surface area (Å²) >= 11 is 1.71. The van der Waals surface area contributed by atoms with Crippen molar-refractivity contribution in [3.63, 3.8) is 0 Å². The number of aryl methyl sites for hydroxylation is 1. The normalized spacial score (nSPS) is 27.4. The number of nitrogens with zero attached hydrogens (tertiary/aromatic N) is 2. The van der Waals surface area contributed by atoms with Crippen molar-refractivity contribution in [1.82, 2.24) is 15.6 Å². The van der Waals surface area contributed by atoms with E-state index in [1.807, 2.05) is 0 Å². The lowest BCUT2D eigenvalue weighted by Gasteiger charge is -2.59. The second-order valence-corrected chi connectivity index (χ2v) is 7.51. The number of aliphatic imine (C=N–C) groups is 1. The quantitative estimate of drug-likeness (QED) is 0.645. The largest absolute Gasteiger partial charge is 0.378 e. The second-order valence-electron chi connectivity index (χ2n) is 6.57. The molecule has 1 aromatic rings. The molecular formula is C16H28N4OS. The molecule has 5 nitrogen and oxygen atoms in total. The first-order valence-corrected chi connectivity index (χ1v) is 8.70. The molecule has 0 saturated heterocycles. The Hall–Kier alpha value is -1.14. The van der Waals surface area contributed by atoms with Gasteiger partial charge in [0, 0.05) is 31.0 Å². The molecule has 0 radical (unpaired) electrons. The zero-order valence-corrected chi connectivity index (χ0v) is 15.3. The van der Waals surface area contributed by atoms with Crippen LogP contribution in [0.5, 0.6) is 0 Å². The van der Waals surface area contributed by atoms with Crippen molar-refractivity contribution in [2.24, 2.45) is 10.4 Å². The van der Waals surface area contributed by atoms with Crippen LogP contribution in [-0.4, -0.2) is 36.7 Å². The molecule has 2 N–H and O–H groups in total. The molecule has 1 aliphatic carbocycles. The van der Waals surface area contributed by atoms with Gasteiger partial charge in [0.1, 0.15) is 0 Å². The van der Waals surface area contributed by atoms with Gasteiger partial charge in [0.05, 0.1) is 22.8 Å². The van der Waals surface area contributed by atoms with Gasteiger partial charge in [-0.1, -0.05) is 20.8 Å². The standard InChI is InChI=1S/C16H28N4OS/c1-7-13-19-11(10-22-13)9-18-14(17-5)20-12-8-16(4,21-6)15(12,2)3/h10,12H,7-9H2,1-6H3,(H2,17,18,20). The van der Waals surface area contributed by atoms with E-state index in [-0.39, 0.29) is 11.0 Å². The first-order valence-electron chi connectivity index (χ1n) is 7.82. The molecule has 1 saturated carbocycles. The number of thiazole rings is 1.